The Morgan fingerprint density at radius 2 is 1.88 bits per heavy atom. The number of hydrogen-bond acceptors (Lipinski definition) is 5. The smallest absolute Gasteiger partial charge is 0.255 e. The molecule has 3 rings (SSSR count). The molecule has 1 heterocycles. The molecule has 0 aliphatic rings. The number of carbonyl (C=O) groups excluding carboxylic acids is 1. The second-order valence-electron chi connectivity index (χ2n) is 8.40. The van der Waals surface area contributed by atoms with Crippen LogP contribution in [-0.2, 0) is 5.41 Å². The number of nitrogens with one attached hydrogen (secondary N) is 1. The predicted molar refractivity (Wildman–Crippen MR) is 129 cm³/mol. The monoisotopic (exact) mass is 453 g/mol. The Labute approximate surface area is 193 Å². The summed E-state index contributed by atoms with van der Waals surface area (Å²) in [7, 11) is 1.79. The molecule has 1 aromatic heterocycles. The van der Waals surface area contributed by atoms with Crippen molar-refractivity contribution in [1.29, 1.82) is 0 Å². The number of rotatable bonds is 7. The fourth-order valence-electron chi connectivity index (χ4n) is 3.19. The van der Waals surface area contributed by atoms with Crippen molar-refractivity contribution in [2.75, 3.05) is 30.5 Å². The maximum Gasteiger partial charge on any atom is 0.255 e. The molecule has 0 bridgehead atoms. The number of nitrogens with zero attached hydrogens (tertiary/aromatic N) is 2. The fraction of sp³-hybridized carbons (Fsp3) is 0.280. The molecule has 0 fully saturated rings. The van der Waals surface area contributed by atoms with E-state index in [2.05, 4.69) is 31.1 Å². The zero-order valence-corrected chi connectivity index (χ0v) is 19.5. The second kappa shape index (κ2) is 10.0. The summed E-state index contributed by atoms with van der Waals surface area (Å²) in [5, 5.41) is 12.6. The first-order valence-electron chi connectivity index (χ1n) is 10.3. The minimum Gasteiger partial charge on any atom is -0.489 e. The largest absolute Gasteiger partial charge is 0.489 e. The maximum absolute atomic E-state index is 12.9. The fourth-order valence-corrected chi connectivity index (χ4v) is 3.44. The van der Waals surface area contributed by atoms with Gasteiger partial charge in [-0.3, -0.25) is 4.79 Å². The third kappa shape index (κ3) is 5.58. The molecule has 2 aromatic carbocycles. The minimum atomic E-state index is -0.246. The molecule has 0 spiro atoms. The Hall–Kier alpha value is -3.09. The number of anilines is 3. The number of aromatic nitrogens is 1. The van der Waals surface area contributed by atoms with Crippen LogP contribution in [0.4, 0.5) is 17.2 Å². The van der Waals surface area contributed by atoms with Gasteiger partial charge in [-0.25, -0.2) is 4.98 Å². The number of aliphatic hydroxyl groups excluding tert-OH is 1. The molecule has 0 saturated carbocycles. The highest BCUT2D eigenvalue weighted by molar-refractivity contribution is 6.33. The van der Waals surface area contributed by atoms with Gasteiger partial charge in [0, 0.05) is 24.5 Å². The van der Waals surface area contributed by atoms with Crippen LogP contribution >= 0.6 is 11.6 Å². The van der Waals surface area contributed by atoms with Gasteiger partial charge in [0.25, 0.3) is 5.91 Å². The average Bonchev–Trinajstić information content (AvgIpc) is 2.77. The third-order valence-electron chi connectivity index (χ3n) is 5.00. The molecular formula is C25H28ClN3O3. The van der Waals surface area contributed by atoms with Crippen LogP contribution in [0.3, 0.4) is 0 Å². The Bertz CT molecular complexity index is 1080. The molecule has 0 aliphatic carbocycles. The first kappa shape index (κ1) is 23.6. The highest BCUT2D eigenvalue weighted by atomic mass is 35.5. The Balaban J connectivity index is 1.89. The quantitative estimate of drug-likeness (QED) is 0.499. The molecule has 6 nitrogen and oxygen atoms in total. The second-order valence-corrected chi connectivity index (χ2v) is 8.81. The van der Waals surface area contributed by atoms with Gasteiger partial charge in [-0.1, -0.05) is 44.5 Å². The Morgan fingerprint density at radius 3 is 2.50 bits per heavy atom. The van der Waals surface area contributed by atoms with Gasteiger partial charge in [0.15, 0.2) is 5.82 Å². The Morgan fingerprint density at radius 1 is 1.16 bits per heavy atom. The molecule has 0 saturated heterocycles. The van der Waals surface area contributed by atoms with Crippen LogP contribution in [0.25, 0.3) is 0 Å². The van der Waals surface area contributed by atoms with E-state index < -0.39 is 0 Å². The zero-order chi connectivity index (χ0) is 23.3. The molecule has 32 heavy (non-hydrogen) atoms. The van der Waals surface area contributed by atoms with E-state index in [9.17, 15) is 4.79 Å². The highest BCUT2D eigenvalue weighted by Crippen LogP contribution is 2.36. The van der Waals surface area contributed by atoms with Crippen LogP contribution in [0, 0.1) is 0 Å². The molecule has 0 radical (unpaired) electrons. The van der Waals surface area contributed by atoms with Crippen LogP contribution in [-0.4, -0.2) is 36.3 Å². The van der Waals surface area contributed by atoms with E-state index in [0.717, 1.165) is 0 Å². The molecular weight excluding hydrogens is 426 g/mol. The number of ether oxygens (including phenoxy) is 1. The molecule has 7 heteroatoms. The molecule has 3 aromatic rings. The van der Waals surface area contributed by atoms with Crippen molar-refractivity contribution in [3.63, 3.8) is 0 Å². The summed E-state index contributed by atoms with van der Waals surface area (Å²) in [5.41, 5.74) is 3.01. The van der Waals surface area contributed by atoms with Crippen molar-refractivity contribution >= 4 is 34.7 Å². The molecule has 0 atom stereocenters. The van der Waals surface area contributed by atoms with Crippen LogP contribution in [0.5, 0.6) is 5.75 Å². The lowest BCUT2D eigenvalue weighted by atomic mass is 9.87. The number of hydrogen-bond donors (Lipinski definition) is 2. The number of aliphatic hydroxyl groups is 1. The summed E-state index contributed by atoms with van der Waals surface area (Å²) in [5.74, 6) is 0.789. The summed E-state index contributed by atoms with van der Waals surface area (Å²) in [6.45, 7) is 6.44. The van der Waals surface area contributed by atoms with Crippen LogP contribution in [0.1, 0.15) is 36.7 Å². The van der Waals surface area contributed by atoms with Crippen molar-refractivity contribution in [2.45, 2.75) is 26.2 Å². The maximum atomic E-state index is 12.9. The van der Waals surface area contributed by atoms with Gasteiger partial charge >= 0.3 is 0 Å². The topological polar surface area (TPSA) is 74.7 Å². The molecule has 168 valence electrons. The third-order valence-corrected chi connectivity index (χ3v) is 5.29. The van der Waals surface area contributed by atoms with Gasteiger partial charge in [0.2, 0.25) is 0 Å². The van der Waals surface area contributed by atoms with E-state index in [1.807, 2.05) is 24.3 Å². The van der Waals surface area contributed by atoms with E-state index in [1.165, 1.54) is 5.56 Å². The summed E-state index contributed by atoms with van der Waals surface area (Å²) in [4.78, 5) is 19.0. The highest BCUT2D eigenvalue weighted by Gasteiger charge is 2.18. The van der Waals surface area contributed by atoms with Crippen molar-refractivity contribution in [1.82, 2.24) is 4.98 Å². The number of pyridine rings is 1. The standard InChI is InChI=1S/C25H28ClN3O3/c1-25(2,3)18-8-10-19(11-9-18)28-24(31)17-7-12-22(32-15-14-30)21(16-17)29(4)23-20(26)6-5-13-27-23/h5-13,16,30H,14-15H2,1-4H3,(H,28,31). The van der Waals surface area contributed by atoms with Crippen molar-refractivity contribution in [3.05, 3.63) is 76.9 Å². The van der Waals surface area contributed by atoms with Gasteiger partial charge in [-0.05, 0) is 53.4 Å². The van der Waals surface area contributed by atoms with Crippen molar-refractivity contribution < 1.29 is 14.6 Å². The molecule has 0 unspecified atom stereocenters. The first-order valence-corrected chi connectivity index (χ1v) is 10.7. The van der Waals surface area contributed by atoms with Gasteiger partial charge in [0.05, 0.1) is 17.3 Å². The lowest BCUT2D eigenvalue weighted by Gasteiger charge is -2.23. The first-order chi connectivity index (χ1) is 15.2. The van der Waals surface area contributed by atoms with Crippen LogP contribution in [0.2, 0.25) is 5.02 Å². The zero-order valence-electron chi connectivity index (χ0n) is 18.7. The van der Waals surface area contributed by atoms with Crippen LogP contribution in [0.15, 0.2) is 60.8 Å². The van der Waals surface area contributed by atoms with E-state index in [-0.39, 0.29) is 24.5 Å². The number of halogens is 1. The molecule has 2 N–H and O–H groups in total. The van der Waals surface area contributed by atoms with Gasteiger partial charge in [-0.2, -0.15) is 0 Å². The average molecular weight is 454 g/mol. The van der Waals surface area contributed by atoms with E-state index >= 15 is 0 Å². The van der Waals surface area contributed by atoms with Gasteiger partial charge in [0.1, 0.15) is 12.4 Å². The summed E-state index contributed by atoms with van der Waals surface area (Å²) in [6.07, 6.45) is 1.64. The lowest BCUT2D eigenvalue weighted by Crippen LogP contribution is -2.17. The number of benzene rings is 2. The van der Waals surface area contributed by atoms with E-state index in [0.29, 0.717) is 33.5 Å². The summed E-state index contributed by atoms with van der Waals surface area (Å²) < 4.78 is 5.67. The van der Waals surface area contributed by atoms with Crippen molar-refractivity contribution in [3.8, 4) is 5.75 Å². The number of amides is 1. The SMILES string of the molecule is CN(c1cc(C(=O)Nc2ccc(C(C)(C)C)cc2)ccc1OCCO)c1ncccc1Cl. The summed E-state index contributed by atoms with van der Waals surface area (Å²) >= 11 is 6.32. The minimum absolute atomic E-state index is 0.0408. The Kier molecular flexibility index (Phi) is 7.38. The predicted octanol–water partition coefficient (Wildman–Crippen LogP) is 5.42. The van der Waals surface area contributed by atoms with Crippen LogP contribution < -0.4 is 15.0 Å². The van der Waals surface area contributed by atoms with E-state index in [4.69, 9.17) is 21.4 Å². The summed E-state index contributed by atoms with van der Waals surface area (Å²) in [6, 6.07) is 16.4. The van der Waals surface area contributed by atoms with E-state index in [1.54, 1.807) is 48.5 Å². The molecule has 0 aliphatic heterocycles. The molecule has 1 amide bonds. The lowest BCUT2D eigenvalue weighted by molar-refractivity contribution is 0.102. The van der Waals surface area contributed by atoms with Crippen molar-refractivity contribution in [2.24, 2.45) is 0 Å². The van der Waals surface area contributed by atoms with Gasteiger partial charge < -0.3 is 20.1 Å². The normalized spacial score (nSPS) is 11.2. The van der Waals surface area contributed by atoms with Gasteiger partial charge in [-0.15, -0.1) is 0 Å². The number of carbonyl (C=O) groups is 1.